The Morgan fingerprint density at radius 2 is 1.85 bits per heavy atom. The number of fused-ring (bicyclic) bond motifs is 1. The summed E-state index contributed by atoms with van der Waals surface area (Å²) in [6, 6.07) is 8.98. The number of cyclic esters (lactones) is 1. The molecule has 6 rings (SSSR count). The maximum absolute atomic E-state index is 14.7. The number of hydrazine groups is 1. The van der Waals surface area contributed by atoms with Gasteiger partial charge in [0.25, 0.3) is 0 Å². The minimum atomic E-state index is -1.18. The van der Waals surface area contributed by atoms with Gasteiger partial charge in [0.05, 0.1) is 29.7 Å². The van der Waals surface area contributed by atoms with Gasteiger partial charge in [0.2, 0.25) is 0 Å². The summed E-state index contributed by atoms with van der Waals surface area (Å²) in [5, 5.41) is 11.7. The molecule has 0 spiro atoms. The Hall–Kier alpha value is -3.91. The molecule has 4 aliphatic rings. The largest absolute Gasteiger partial charge is 0.458 e. The van der Waals surface area contributed by atoms with Gasteiger partial charge in [-0.3, -0.25) is 19.5 Å². The van der Waals surface area contributed by atoms with E-state index in [1.54, 1.807) is 36.3 Å². The lowest BCUT2D eigenvalue weighted by Crippen LogP contribution is -2.58. The zero-order valence-corrected chi connectivity index (χ0v) is 37.6. The van der Waals surface area contributed by atoms with Crippen LogP contribution in [0.1, 0.15) is 90.8 Å². The van der Waals surface area contributed by atoms with E-state index >= 15 is 0 Å². The number of carbonyl (C=O) groups excluding carboxylic acids is 3. The van der Waals surface area contributed by atoms with Crippen LogP contribution in [0.5, 0.6) is 0 Å². The molecule has 0 saturated carbocycles. The number of aliphatic hydroxyl groups excluding tert-OH is 1. The van der Waals surface area contributed by atoms with Crippen molar-refractivity contribution in [1.82, 2.24) is 20.2 Å². The van der Waals surface area contributed by atoms with Gasteiger partial charge in [-0.2, -0.15) is 0 Å². The summed E-state index contributed by atoms with van der Waals surface area (Å²) < 4.78 is 25.6. The lowest BCUT2D eigenvalue weighted by atomic mass is 9.66. The van der Waals surface area contributed by atoms with Gasteiger partial charge in [0.1, 0.15) is 23.9 Å². The molecule has 14 nitrogen and oxygen atoms in total. The number of carbonyl (C=O) groups is 3. The molecule has 0 aromatic carbocycles. The fraction of sp³-hybridized carbons (Fsp3) is 0.667. The van der Waals surface area contributed by atoms with Crippen molar-refractivity contribution in [3.63, 3.8) is 0 Å². The Labute approximate surface area is 359 Å². The molecule has 0 radical (unpaired) electrons. The first-order valence-electron chi connectivity index (χ1n) is 21.4. The number of likely N-dealkylation sites (N-methyl/N-ethyl adjacent to an activating group) is 1. The van der Waals surface area contributed by atoms with Crippen LogP contribution in [0.2, 0.25) is 0 Å². The van der Waals surface area contributed by atoms with Crippen molar-refractivity contribution in [3.05, 3.63) is 46.3 Å². The highest BCUT2D eigenvalue weighted by Crippen LogP contribution is 2.46. The molecule has 1 amide bonds. The molecule has 3 fully saturated rings. The van der Waals surface area contributed by atoms with Crippen LogP contribution < -0.4 is 10.9 Å². The average Bonchev–Trinajstić information content (AvgIpc) is 3.70. The molecule has 3 saturated heterocycles. The number of esters is 1. The zero-order chi connectivity index (χ0) is 43.5. The lowest BCUT2D eigenvalue weighted by molar-refractivity contribution is -0.286. The molecule has 6 heterocycles. The van der Waals surface area contributed by atoms with Crippen LogP contribution in [0.25, 0.3) is 0 Å². The van der Waals surface area contributed by atoms with Gasteiger partial charge in [-0.25, -0.2) is 15.2 Å². The highest BCUT2D eigenvalue weighted by Gasteiger charge is 2.60. The molecule has 4 aliphatic heterocycles. The SMILES string of the molecule is CC[C@H]1OC(=O)[C@H](C)C(=O)[C@H](C)[C@@H](OC2O[C@H](C)C[C@H](N(C)C)[C@H]2O)[C@@](C)(CC#Cc2ccc(CNNc3ccccn3)s2)C[C@@H](C)C2=NCCN3C(=O)O[C@@]1(C)C3[C@H]2C. The van der Waals surface area contributed by atoms with Crippen molar-refractivity contribution < 1.29 is 38.4 Å². The first kappa shape index (κ1) is 45.6. The number of pyridine rings is 1. The third-order valence-electron chi connectivity index (χ3n) is 13.0. The van der Waals surface area contributed by atoms with E-state index < -0.39 is 65.6 Å². The first-order chi connectivity index (χ1) is 28.5. The standard InChI is InChI=1S/C45H64N6O8S/c1-11-34-45(8)39-28(4)36(47-21-22-51(39)43(55)59-45)26(2)24-44(7,19-14-15-31-17-18-32(60-31)25-48-49-35-16-12-13-20-46-35)40(29(5)37(52)30(6)41(54)57-34)58-42-38(53)33(50(9)10)23-27(3)56-42/h12-13,16-18,20,26-30,33-34,38-40,42,48,53H,11,19,21-25H2,1-10H3,(H,46,49)/t26-,27-,28+,29+,30-,33+,34-,38-,39?,40-,42?,44+,45-/m1/s1. The van der Waals surface area contributed by atoms with Gasteiger partial charge in [0, 0.05) is 59.6 Å². The molecule has 3 N–H and O–H groups in total. The quantitative estimate of drug-likeness (QED) is 0.123. The molecule has 0 aliphatic carbocycles. The van der Waals surface area contributed by atoms with E-state index in [0.717, 1.165) is 21.3 Å². The summed E-state index contributed by atoms with van der Waals surface area (Å²) in [6.45, 7) is 16.6. The second kappa shape index (κ2) is 19.0. The molecular formula is C45H64N6O8S. The molecule has 2 bridgehead atoms. The van der Waals surface area contributed by atoms with Crippen LogP contribution in [0.3, 0.4) is 0 Å². The first-order valence-corrected chi connectivity index (χ1v) is 22.2. The van der Waals surface area contributed by atoms with Crippen molar-refractivity contribution >= 4 is 40.7 Å². The number of Topliss-reactive ketones (excluding diaryl/α,β-unsaturated/α-hetero) is 1. The van der Waals surface area contributed by atoms with Crippen LogP contribution in [0.15, 0.2) is 41.5 Å². The molecule has 15 heteroatoms. The van der Waals surface area contributed by atoms with Crippen LogP contribution in [0.4, 0.5) is 10.6 Å². The maximum atomic E-state index is 14.7. The second-order valence-electron chi connectivity index (χ2n) is 17.9. The predicted molar refractivity (Wildman–Crippen MR) is 230 cm³/mol. The Morgan fingerprint density at radius 1 is 1.08 bits per heavy atom. The van der Waals surface area contributed by atoms with Gasteiger partial charge in [-0.1, -0.05) is 52.5 Å². The van der Waals surface area contributed by atoms with E-state index in [1.165, 1.54) is 0 Å². The van der Waals surface area contributed by atoms with Gasteiger partial charge in [-0.05, 0) is 84.3 Å². The van der Waals surface area contributed by atoms with Gasteiger partial charge in [-0.15, -0.1) is 11.3 Å². The number of ketones is 1. The van der Waals surface area contributed by atoms with Crippen molar-refractivity contribution in [2.45, 2.75) is 136 Å². The normalized spacial score (nSPS) is 36.3. The van der Waals surface area contributed by atoms with E-state index in [-0.39, 0.29) is 29.8 Å². The second-order valence-corrected chi connectivity index (χ2v) is 19.0. The highest BCUT2D eigenvalue weighted by molar-refractivity contribution is 7.12. The van der Waals surface area contributed by atoms with E-state index in [0.29, 0.717) is 45.3 Å². The van der Waals surface area contributed by atoms with Gasteiger partial charge >= 0.3 is 12.1 Å². The lowest BCUT2D eigenvalue weighted by Gasteiger charge is -2.47. The number of hydrogen-bond donors (Lipinski definition) is 3. The Kier molecular flexibility index (Phi) is 14.4. The van der Waals surface area contributed by atoms with Crippen molar-refractivity contribution in [2.24, 2.45) is 34.1 Å². The fourth-order valence-corrected chi connectivity index (χ4v) is 10.8. The van der Waals surface area contributed by atoms with E-state index in [9.17, 15) is 19.5 Å². The number of aliphatic imine (C=N–C) groups is 1. The van der Waals surface area contributed by atoms with Crippen molar-refractivity contribution in [3.8, 4) is 11.8 Å². The summed E-state index contributed by atoms with van der Waals surface area (Å²) in [6.07, 6.45) is -0.883. The monoisotopic (exact) mass is 848 g/mol. The molecule has 2 unspecified atom stereocenters. The number of nitrogens with zero attached hydrogens (tertiary/aromatic N) is 4. The number of amides is 1. The third kappa shape index (κ3) is 9.59. The number of rotatable bonds is 9. The minimum absolute atomic E-state index is 0.153. The van der Waals surface area contributed by atoms with Crippen molar-refractivity contribution in [2.75, 3.05) is 32.6 Å². The molecule has 2 aromatic rings. The van der Waals surface area contributed by atoms with E-state index in [1.807, 2.05) is 70.1 Å². The number of aromatic nitrogens is 1. The van der Waals surface area contributed by atoms with E-state index in [4.69, 9.17) is 23.9 Å². The van der Waals surface area contributed by atoms with Crippen LogP contribution in [0, 0.1) is 40.9 Å². The zero-order valence-electron chi connectivity index (χ0n) is 36.8. The molecule has 328 valence electrons. The van der Waals surface area contributed by atoms with Crippen LogP contribution in [-0.4, -0.2) is 119 Å². The summed E-state index contributed by atoms with van der Waals surface area (Å²) in [7, 11) is 3.84. The Bertz CT molecular complexity index is 1930. The highest BCUT2D eigenvalue weighted by atomic mass is 32.1. The topological polar surface area (TPSA) is 164 Å². The number of ether oxygens (including phenoxy) is 4. The number of nitrogens with one attached hydrogen (secondary N) is 2. The van der Waals surface area contributed by atoms with Crippen LogP contribution in [-0.2, 0) is 35.1 Å². The Morgan fingerprint density at radius 3 is 2.55 bits per heavy atom. The summed E-state index contributed by atoms with van der Waals surface area (Å²) >= 11 is 1.58. The molecule has 13 atom stereocenters. The summed E-state index contributed by atoms with van der Waals surface area (Å²) in [5.74, 6) is 4.11. The molecule has 60 heavy (non-hydrogen) atoms. The smallest absolute Gasteiger partial charge is 0.410 e. The number of thiophene rings is 1. The summed E-state index contributed by atoms with van der Waals surface area (Å²) in [4.78, 5) is 57.3. The predicted octanol–water partition coefficient (Wildman–Crippen LogP) is 5.69. The third-order valence-corrected chi connectivity index (χ3v) is 14.0. The Balaban J connectivity index is 1.38. The fourth-order valence-electron chi connectivity index (χ4n) is 10.00. The number of anilines is 1. The van der Waals surface area contributed by atoms with Gasteiger partial charge in [0.15, 0.2) is 17.7 Å². The summed E-state index contributed by atoms with van der Waals surface area (Å²) in [5.41, 5.74) is 5.22. The molecular weight excluding hydrogens is 785 g/mol. The number of aliphatic hydroxyl groups is 1. The maximum Gasteiger partial charge on any atom is 0.410 e. The van der Waals surface area contributed by atoms with Crippen molar-refractivity contribution in [1.29, 1.82) is 0 Å². The van der Waals surface area contributed by atoms with Gasteiger partial charge < -0.3 is 34.4 Å². The van der Waals surface area contributed by atoms with E-state index in [2.05, 4.69) is 48.4 Å². The molecule has 2 aromatic heterocycles. The number of hydrogen-bond acceptors (Lipinski definition) is 14. The minimum Gasteiger partial charge on any atom is -0.458 e. The van der Waals surface area contributed by atoms with Crippen LogP contribution >= 0.6 is 11.3 Å². The average molecular weight is 849 g/mol.